The maximum absolute atomic E-state index is 9.45. The third kappa shape index (κ3) is 2.74. The summed E-state index contributed by atoms with van der Waals surface area (Å²) in [5.41, 5.74) is 2.13. The van der Waals surface area contributed by atoms with Crippen LogP contribution in [0.3, 0.4) is 0 Å². The summed E-state index contributed by atoms with van der Waals surface area (Å²) in [5, 5.41) is 9.45. The largest absolute Gasteiger partial charge is 0.508 e. The van der Waals surface area contributed by atoms with E-state index in [4.69, 9.17) is 4.74 Å². The van der Waals surface area contributed by atoms with Crippen LogP contribution >= 0.6 is 0 Å². The Hall–Kier alpha value is -1.02. The van der Waals surface area contributed by atoms with Crippen LogP contribution in [0, 0.1) is 0 Å². The number of methoxy groups -OCH3 is 1. The third-order valence-corrected chi connectivity index (χ3v) is 1.98. The topological polar surface area (TPSA) is 29.5 Å². The summed E-state index contributed by atoms with van der Waals surface area (Å²) in [6.07, 6.45) is 2.17. The minimum absolute atomic E-state index is 0.321. The van der Waals surface area contributed by atoms with Crippen LogP contribution in [0.15, 0.2) is 18.2 Å². The molecule has 1 rings (SSSR count). The fraction of sp³-hybridized carbons (Fsp3) is 0.455. The van der Waals surface area contributed by atoms with Crippen molar-refractivity contribution in [3.63, 3.8) is 0 Å². The number of hydrogen-bond acceptors (Lipinski definition) is 2. The normalized spacial score (nSPS) is 10.3. The van der Waals surface area contributed by atoms with Crippen molar-refractivity contribution in [3.05, 3.63) is 29.3 Å². The highest BCUT2D eigenvalue weighted by molar-refractivity contribution is 5.35. The lowest BCUT2D eigenvalue weighted by Crippen LogP contribution is -1.91. The van der Waals surface area contributed by atoms with Crippen molar-refractivity contribution in [2.24, 2.45) is 0 Å². The standard InChI is InChI=1S/C11H16O2/c1-3-4-9-5-6-11(12)10(7-9)8-13-2/h5-7,12H,3-4,8H2,1-2H3. The van der Waals surface area contributed by atoms with Crippen molar-refractivity contribution >= 4 is 0 Å². The van der Waals surface area contributed by atoms with Crippen molar-refractivity contribution in [1.82, 2.24) is 0 Å². The van der Waals surface area contributed by atoms with Gasteiger partial charge in [-0.2, -0.15) is 0 Å². The molecule has 2 nitrogen and oxygen atoms in total. The minimum atomic E-state index is 0.321. The first-order chi connectivity index (χ1) is 6.27. The minimum Gasteiger partial charge on any atom is -0.508 e. The Kier molecular flexibility index (Phi) is 3.77. The van der Waals surface area contributed by atoms with Crippen molar-refractivity contribution in [1.29, 1.82) is 0 Å². The van der Waals surface area contributed by atoms with Crippen LogP contribution < -0.4 is 0 Å². The molecule has 0 aliphatic rings. The molecule has 2 heteroatoms. The van der Waals surface area contributed by atoms with E-state index in [0.717, 1.165) is 18.4 Å². The van der Waals surface area contributed by atoms with E-state index in [2.05, 4.69) is 6.92 Å². The Morgan fingerprint density at radius 3 is 2.77 bits per heavy atom. The number of aryl methyl sites for hydroxylation is 1. The summed E-state index contributed by atoms with van der Waals surface area (Å²) in [4.78, 5) is 0. The maximum atomic E-state index is 9.45. The highest BCUT2D eigenvalue weighted by Gasteiger charge is 2.01. The second-order valence-corrected chi connectivity index (χ2v) is 3.15. The van der Waals surface area contributed by atoms with Crippen LogP contribution in [0.2, 0.25) is 0 Å². The number of hydrogen-bond donors (Lipinski definition) is 1. The molecule has 13 heavy (non-hydrogen) atoms. The van der Waals surface area contributed by atoms with Crippen LogP contribution in [0.1, 0.15) is 24.5 Å². The van der Waals surface area contributed by atoms with Crippen molar-refractivity contribution < 1.29 is 9.84 Å². The molecule has 0 aliphatic heterocycles. The van der Waals surface area contributed by atoms with Gasteiger partial charge in [-0.3, -0.25) is 0 Å². The first kappa shape index (κ1) is 10.1. The molecular formula is C11H16O2. The fourth-order valence-electron chi connectivity index (χ4n) is 1.35. The number of phenolic OH excluding ortho intramolecular Hbond substituents is 1. The number of benzene rings is 1. The molecule has 1 aromatic carbocycles. The molecule has 0 saturated carbocycles. The number of aromatic hydroxyl groups is 1. The average Bonchev–Trinajstić information content (AvgIpc) is 2.12. The zero-order valence-electron chi connectivity index (χ0n) is 8.21. The molecule has 0 atom stereocenters. The molecule has 1 aromatic rings. The zero-order chi connectivity index (χ0) is 9.68. The molecule has 0 amide bonds. The summed E-state index contributed by atoms with van der Waals surface area (Å²) in [6, 6.07) is 5.69. The lowest BCUT2D eigenvalue weighted by Gasteiger charge is -2.05. The van der Waals surface area contributed by atoms with Gasteiger partial charge >= 0.3 is 0 Å². The molecule has 0 heterocycles. The quantitative estimate of drug-likeness (QED) is 0.771. The van der Waals surface area contributed by atoms with E-state index < -0.39 is 0 Å². The molecule has 0 saturated heterocycles. The smallest absolute Gasteiger partial charge is 0.121 e. The SMILES string of the molecule is CCCc1ccc(O)c(COC)c1. The molecule has 1 N–H and O–H groups in total. The van der Waals surface area contributed by atoms with Gasteiger partial charge in [-0.1, -0.05) is 19.4 Å². The molecule has 0 radical (unpaired) electrons. The van der Waals surface area contributed by atoms with Gasteiger partial charge in [0.15, 0.2) is 0 Å². The van der Waals surface area contributed by atoms with Gasteiger partial charge in [-0.25, -0.2) is 0 Å². The third-order valence-electron chi connectivity index (χ3n) is 1.98. The highest BCUT2D eigenvalue weighted by Crippen LogP contribution is 2.19. The average molecular weight is 180 g/mol. The Morgan fingerprint density at radius 2 is 2.15 bits per heavy atom. The summed E-state index contributed by atoms with van der Waals surface area (Å²) in [6.45, 7) is 2.62. The van der Waals surface area contributed by atoms with Gasteiger partial charge in [0.25, 0.3) is 0 Å². The lowest BCUT2D eigenvalue weighted by atomic mass is 10.1. The molecule has 0 bridgehead atoms. The summed E-state index contributed by atoms with van der Waals surface area (Å²) < 4.78 is 4.98. The van der Waals surface area contributed by atoms with E-state index in [-0.39, 0.29) is 0 Å². The molecule has 0 fully saturated rings. The van der Waals surface area contributed by atoms with E-state index in [0.29, 0.717) is 12.4 Å². The number of rotatable bonds is 4. The van der Waals surface area contributed by atoms with Gasteiger partial charge in [-0.05, 0) is 24.1 Å². The van der Waals surface area contributed by atoms with E-state index in [1.165, 1.54) is 5.56 Å². The highest BCUT2D eigenvalue weighted by atomic mass is 16.5. The molecule has 72 valence electrons. The van der Waals surface area contributed by atoms with E-state index >= 15 is 0 Å². The Morgan fingerprint density at radius 1 is 1.38 bits per heavy atom. The van der Waals surface area contributed by atoms with Crippen molar-refractivity contribution in [2.75, 3.05) is 7.11 Å². The summed E-state index contributed by atoms with van der Waals surface area (Å²) >= 11 is 0. The van der Waals surface area contributed by atoms with Crippen LogP contribution in [-0.4, -0.2) is 12.2 Å². The number of ether oxygens (including phenoxy) is 1. The fourth-order valence-corrected chi connectivity index (χ4v) is 1.35. The van der Waals surface area contributed by atoms with E-state index in [1.54, 1.807) is 13.2 Å². The van der Waals surface area contributed by atoms with Gasteiger partial charge in [0.1, 0.15) is 5.75 Å². The van der Waals surface area contributed by atoms with Gasteiger partial charge in [0.2, 0.25) is 0 Å². The van der Waals surface area contributed by atoms with Crippen LogP contribution in [0.4, 0.5) is 0 Å². The molecular weight excluding hydrogens is 164 g/mol. The summed E-state index contributed by atoms with van der Waals surface area (Å²) in [7, 11) is 1.63. The van der Waals surface area contributed by atoms with Gasteiger partial charge in [-0.15, -0.1) is 0 Å². The predicted octanol–water partition coefficient (Wildman–Crippen LogP) is 2.49. The Balaban J connectivity index is 2.83. The Bertz CT molecular complexity index is 269. The van der Waals surface area contributed by atoms with Crippen molar-refractivity contribution in [3.8, 4) is 5.75 Å². The predicted molar refractivity (Wildman–Crippen MR) is 52.8 cm³/mol. The zero-order valence-corrected chi connectivity index (χ0v) is 8.21. The molecule has 0 aliphatic carbocycles. The molecule has 0 spiro atoms. The van der Waals surface area contributed by atoms with Crippen LogP contribution in [0.25, 0.3) is 0 Å². The Labute approximate surface area is 79.2 Å². The second kappa shape index (κ2) is 4.87. The van der Waals surface area contributed by atoms with E-state index in [9.17, 15) is 5.11 Å². The van der Waals surface area contributed by atoms with Gasteiger partial charge < -0.3 is 9.84 Å². The van der Waals surface area contributed by atoms with Crippen molar-refractivity contribution in [2.45, 2.75) is 26.4 Å². The van der Waals surface area contributed by atoms with E-state index in [1.807, 2.05) is 12.1 Å². The molecule has 0 aromatic heterocycles. The lowest BCUT2D eigenvalue weighted by molar-refractivity contribution is 0.182. The second-order valence-electron chi connectivity index (χ2n) is 3.15. The first-order valence-corrected chi connectivity index (χ1v) is 4.57. The van der Waals surface area contributed by atoms with Crippen LogP contribution in [0.5, 0.6) is 5.75 Å². The van der Waals surface area contributed by atoms with Gasteiger partial charge in [0, 0.05) is 12.7 Å². The molecule has 0 unspecified atom stereocenters. The number of phenols is 1. The van der Waals surface area contributed by atoms with Gasteiger partial charge in [0.05, 0.1) is 6.61 Å². The first-order valence-electron chi connectivity index (χ1n) is 4.57. The monoisotopic (exact) mass is 180 g/mol. The maximum Gasteiger partial charge on any atom is 0.121 e. The summed E-state index contributed by atoms with van der Waals surface area (Å²) in [5.74, 6) is 0.321. The van der Waals surface area contributed by atoms with Crippen LogP contribution in [-0.2, 0) is 17.8 Å².